The maximum absolute atomic E-state index is 6.25. The smallest absolute Gasteiger partial charge is 0.0543 e. The molecule has 1 aromatic rings. The summed E-state index contributed by atoms with van der Waals surface area (Å²) in [4.78, 5) is 0. The van der Waals surface area contributed by atoms with Crippen molar-refractivity contribution in [2.45, 2.75) is 38.1 Å². The van der Waals surface area contributed by atoms with Crippen molar-refractivity contribution >= 4 is 11.6 Å². The molecule has 1 nitrogen and oxygen atoms in total. The van der Waals surface area contributed by atoms with Crippen LogP contribution in [0.4, 0.5) is 0 Å². The Morgan fingerprint density at radius 3 is 2.58 bits per heavy atom. The van der Waals surface area contributed by atoms with Crippen LogP contribution in [-0.4, -0.2) is 12.4 Å². The molecule has 2 fully saturated rings. The van der Waals surface area contributed by atoms with Crippen LogP contribution >= 0.6 is 11.6 Å². The van der Waals surface area contributed by atoms with E-state index in [2.05, 4.69) is 42.6 Å². The van der Waals surface area contributed by atoms with E-state index in [1.165, 1.54) is 31.2 Å². The molecule has 1 aromatic carbocycles. The number of fused-ring (bicyclic) bond motifs is 2. The van der Waals surface area contributed by atoms with E-state index in [1.54, 1.807) is 0 Å². The minimum absolute atomic E-state index is 0.0926. The molecule has 0 aliphatic heterocycles. The van der Waals surface area contributed by atoms with E-state index in [1.807, 2.05) is 0 Å². The Kier molecular flexibility index (Phi) is 3.86. The predicted molar refractivity (Wildman–Crippen MR) is 81.5 cm³/mol. The van der Waals surface area contributed by atoms with Crippen LogP contribution in [0.15, 0.2) is 30.3 Å². The topological polar surface area (TPSA) is 12.0 Å². The van der Waals surface area contributed by atoms with Gasteiger partial charge in [0.15, 0.2) is 0 Å². The van der Waals surface area contributed by atoms with Gasteiger partial charge in [-0.15, -0.1) is 11.6 Å². The zero-order chi connectivity index (χ0) is 13.3. The molecule has 0 spiro atoms. The first-order valence-corrected chi connectivity index (χ1v) is 8.11. The standard InChI is InChI=1S/C17H24ClN/c1-17(12-18,16-5-3-2-4-6-16)19-11-15-10-13-7-8-14(15)9-13/h2-6,13-15,19H,7-12H2,1H3. The average Bonchev–Trinajstić information content (AvgIpc) is 3.08. The predicted octanol–water partition coefficient (Wildman–Crippen LogP) is 4.17. The van der Waals surface area contributed by atoms with Crippen molar-refractivity contribution in [2.75, 3.05) is 12.4 Å². The van der Waals surface area contributed by atoms with Gasteiger partial charge in [-0.05, 0) is 56.0 Å². The summed E-state index contributed by atoms with van der Waals surface area (Å²) in [6.07, 6.45) is 5.85. The summed E-state index contributed by atoms with van der Waals surface area (Å²) in [5.41, 5.74) is 1.21. The maximum Gasteiger partial charge on any atom is 0.0543 e. The fourth-order valence-corrected chi connectivity index (χ4v) is 4.26. The highest BCUT2D eigenvalue weighted by molar-refractivity contribution is 6.18. The number of hydrogen-bond acceptors (Lipinski definition) is 1. The summed E-state index contributed by atoms with van der Waals surface area (Å²) >= 11 is 6.25. The van der Waals surface area contributed by atoms with Gasteiger partial charge in [0.2, 0.25) is 0 Å². The van der Waals surface area contributed by atoms with E-state index in [0.717, 1.165) is 24.3 Å². The molecular weight excluding hydrogens is 254 g/mol. The molecule has 0 heterocycles. The summed E-state index contributed by atoms with van der Waals surface area (Å²) < 4.78 is 0. The minimum Gasteiger partial charge on any atom is -0.306 e. The monoisotopic (exact) mass is 277 g/mol. The van der Waals surface area contributed by atoms with Crippen LogP contribution in [0.1, 0.15) is 38.2 Å². The van der Waals surface area contributed by atoms with Crippen molar-refractivity contribution in [1.29, 1.82) is 0 Å². The number of hydrogen-bond donors (Lipinski definition) is 1. The number of halogens is 1. The van der Waals surface area contributed by atoms with Gasteiger partial charge >= 0.3 is 0 Å². The molecule has 0 aromatic heterocycles. The first-order chi connectivity index (χ1) is 9.21. The van der Waals surface area contributed by atoms with Crippen molar-refractivity contribution in [3.8, 4) is 0 Å². The Labute approximate surface area is 121 Å². The van der Waals surface area contributed by atoms with Crippen LogP contribution in [0.25, 0.3) is 0 Å². The number of nitrogens with one attached hydrogen (secondary N) is 1. The van der Waals surface area contributed by atoms with Gasteiger partial charge in [-0.3, -0.25) is 0 Å². The van der Waals surface area contributed by atoms with Gasteiger partial charge in [-0.2, -0.15) is 0 Å². The summed E-state index contributed by atoms with van der Waals surface area (Å²) in [6, 6.07) is 10.6. The normalized spacial score (nSPS) is 32.4. The van der Waals surface area contributed by atoms with Crippen LogP contribution in [-0.2, 0) is 5.54 Å². The van der Waals surface area contributed by atoms with Gasteiger partial charge in [0.1, 0.15) is 0 Å². The van der Waals surface area contributed by atoms with E-state index in [4.69, 9.17) is 11.6 Å². The largest absolute Gasteiger partial charge is 0.306 e. The van der Waals surface area contributed by atoms with Gasteiger partial charge in [0.25, 0.3) is 0 Å². The molecule has 2 aliphatic rings. The third kappa shape index (κ3) is 2.68. The molecule has 2 saturated carbocycles. The van der Waals surface area contributed by atoms with Crippen molar-refractivity contribution in [3.63, 3.8) is 0 Å². The molecular formula is C17H24ClN. The summed E-state index contributed by atoms with van der Waals surface area (Å²) in [5.74, 6) is 3.51. The third-order valence-electron chi connectivity index (χ3n) is 5.32. The van der Waals surface area contributed by atoms with Crippen molar-refractivity contribution in [1.82, 2.24) is 5.32 Å². The summed E-state index contributed by atoms with van der Waals surface area (Å²) in [5, 5.41) is 3.76. The molecule has 19 heavy (non-hydrogen) atoms. The van der Waals surface area contributed by atoms with Crippen molar-refractivity contribution in [2.24, 2.45) is 17.8 Å². The molecule has 4 unspecified atom stereocenters. The fraction of sp³-hybridized carbons (Fsp3) is 0.647. The first-order valence-electron chi connectivity index (χ1n) is 7.58. The van der Waals surface area contributed by atoms with Gasteiger partial charge in [0, 0.05) is 5.88 Å². The molecule has 0 radical (unpaired) electrons. The third-order valence-corrected chi connectivity index (χ3v) is 5.85. The van der Waals surface area contributed by atoms with Crippen molar-refractivity contribution < 1.29 is 0 Å². The summed E-state index contributed by atoms with van der Waals surface area (Å²) in [7, 11) is 0. The zero-order valence-electron chi connectivity index (χ0n) is 11.7. The van der Waals surface area contributed by atoms with Crippen molar-refractivity contribution in [3.05, 3.63) is 35.9 Å². The lowest BCUT2D eigenvalue weighted by molar-refractivity contribution is 0.281. The molecule has 0 saturated heterocycles. The fourth-order valence-electron chi connectivity index (χ4n) is 4.02. The molecule has 3 rings (SSSR count). The van der Waals surface area contributed by atoms with Crippen LogP contribution < -0.4 is 5.32 Å². The van der Waals surface area contributed by atoms with E-state index in [9.17, 15) is 0 Å². The van der Waals surface area contributed by atoms with Crippen LogP contribution in [0.5, 0.6) is 0 Å². The number of benzene rings is 1. The number of rotatable bonds is 5. The second kappa shape index (κ2) is 5.46. The van der Waals surface area contributed by atoms with Crippen LogP contribution in [0.2, 0.25) is 0 Å². The van der Waals surface area contributed by atoms with Crippen LogP contribution in [0, 0.1) is 17.8 Å². The van der Waals surface area contributed by atoms with Gasteiger partial charge < -0.3 is 5.32 Å². The molecule has 4 atom stereocenters. The lowest BCUT2D eigenvalue weighted by Gasteiger charge is -2.32. The SMILES string of the molecule is CC(CCl)(NCC1CC2CCC1C2)c1ccccc1. The lowest BCUT2D eigenvalue weighted by Crippen LogP contribution is -2.44. The molecule has 0 amide bonds. The minimum atomic E-state index is -0.0926. The van der Waals surface area contributed by atoms with E-state index < -0.39 is 0 Å². The Morgan fingerprint density at radius 2 is 2.00 bits per heavy atom. The van der Waals surface area contributed by atoms with Gasteiger partial charge in [-0.25, -0.2) is 0 Å². The highest BCUT2D eigenvalue weighted by Crippen LogP contribution is 2.48. The zero-order valence-corrected chi connectivity index (χ0v) is 12.5. The van der Waals surface area contributed by atoms with Gasteiger partial charge in [-0.1, -0.05) is 36.8 Å². The molecule has 1 N–H and O–H groups in total. The molecule has 2 bridgehead atoms. The highest BCUT2D eigenvalue weighted by Gasteiger charge is 2.40. The Bertz CT molecular complexity index is 419. The average molecular weight is 278 g/mol. The molecule has 2 heteroatoms. The van der Waals surface area contributed by atoms with E-state index in [-0.39, 0.29) is 5.54 Å². The lowest BCUT2D eigenvalue weighted by atomic mass is 9.87. The Hall–Kier alpha value is -0.530. The van der Waals surface area contributed by atoms with Gasteiger partial charge in [0.05, 0.1) is 5.54 Å². The Morgan fingerprint density at radius 1 is 1.21 bits per heavy atom. The van der Waals surface area contributed by atoms with E-state index in [0.29, 0.717) is 5.88 Å². The first kappa shape index (κ1) is 13.5. The summed E-state index contributed by atoms with van der Waals surface area (Å²) in [6.45, 7) is 3.35. The quantitative estimate of drug-likeness (QED) is 0.797. The second-order valence-corrected chi connectivity index (χ2v) is 6.91. The number of alkyl halides is 1. The highest BCUT2D eigenvalue weighted by atomic mass is 35.5. The van der Waals surface area contributed by atoms with Crippen LogP contribution in [0.3, 0.4) is 0 Å². The maximum atomic E-state index is 6.25. The van der Waals surface area contributed by atoms with E-state index >= 15 is 0 Å². The molecule has 2 aliphatic carbocycles. The Balaban J connectivity index is 1.64. The second-order valence-electron chi connectivity index (χ2n) is 6.65. The molecule has 104 valence electrons.